The van der Waals surface area contributed by atoms with E-state index in [1.807, 2.05) is 18.2 Å². The number of hydrogen-bond donors (Lipinski definition) is 1. The van der Waals surface area contributed by atoms with Crippen LogP contribution >= 0.6 is 0 Å². The third-order valence-corrected chi connectivity index (χ3v) is 2.89. The van der Waals surface area contributed by atoms with Crippen molar-refractivity contribution < 1.29 is 9.66 Å². The predicted molar refractivity (Wildman–Crippen MR) is 75.9 cm³/mol. The Bertz CT molecular complexity index is 629. The molecule has 0 fully saturated rings. The van der Waals surface area contributed by atoms with Gasteiger partial charge in [-0.3, -0.25) is 10.1 Å². The van der Waals surface area contributed by atoms with E-state index in [9.17, 15) is 10.1 Å². The van der Waals surface area contributed by atoms with Gasteiger partial charge in [0.15, 0.2) is 0 Å². The normalized spacial score (nSPS) is 10.1. The highest BCUT2D eigenvalue weighted by molar-refractivity contribution is 5.48. The summed E-state index contributed by atoms with van der Waals surface area (Å²) in [6, 6.07) is 10.3. The van der Waals surface area contributed by atoms with Crippen LogP contribution in [0.25, 0.3) is 0 Å². The summed E-state index contributed by atoms with van der Waals surface area (Å²) in [6.45, 7) is 1.93. The lowest BCUT2D eigenvalue weighted by Gasteiger charge is -2.09. The summed E-state index contributed by atoms with van der Waals surface area (Å²) in [7, 11) is 1.79. The Morgan fingerprint density at radius 2 is 2.05 bits per heavy atom. The fraction of sp³-hybridized carbons (Fsp3) is 0.214. The van der Waals surface area contributed by atoms with Gasteiger partial charge in [-0.25, -0.2) is 4.98 Å². The van der Waals surface area contributed by atoms with Crippen LogP contribution < -0.4 is 10.1 Å². The van der Waals surface area contributed by atoms with Crippen molar-refractivity contribution in [2.24, 2.45) is 0 Å². The van der Waals surface area contributed by atoms with E-state index in [0.717, 1.165) is 11.5 Å². The highest BCUT2D eigenvalue weighted by Gasteiger charge is 2.14. The van der Waals surface area contributed by atoms with Gasteiger partial charge in [-0.2, -0.15) is 0 Å². The van der Waals surface area contributed by atoms with Crippen LogP contribution in [0.15, 0.2) is 36.4 Å². The van der Waals surface area contributed by atoms with Gasteiger partial charge in [-0.05, 0) is 25.1 Å². The Balaban J connectivity index is 2.14. The molecule has 0 unspecified atom stereocenters. The molecule has 1 heterocycles. The van der Waals surface area contributed by atoms with E-state index in [1.54, 1.807) is 26.1 Å². The molecule has 2 rings (SSSR count). The van der Waals surface area contributed by atoms with Crippen LogP contribution in [-0.4, -0.2) is 17.0 Å². The second kappa shape index (κ2) is 6.01. The Morgan fingerprint density at radius 1 is 1.30 bits per heavy atom. The minimum Gasteiger partial charge on any atom is -0.487 e. The maximum Gasteiger partial charge on any atom is 0.276 e. The Labute approximate surface area is 116 Å². The van der Waals surface area contributed by atoms with Crippen LogP contribution in [-0.2, 0) is 6.61 Å². The van der Waals surface area contributed by atoms with Crippen LogP contribution in [0.5, 0.6) is 5.75 Å². The molecule has 0 amide bonds. The van der Waals surface area contributed by atoms with Crippen LogP contribution in [0.2, 0.25) is 0 Å². The lowest BCUT2D eigenvalue weighted by Crippen LogP contribution is -2.02. The summed E-state index contributed by atoms with van der Waals surface area (Å²) in [6.07, 6.45) is 0. The first kappa shape index (κ1) is 13.8. The van der Waals surface area contributed by atoms with Gasteiger partial charge in [0, 0.05) is 13.1 Å². The first-order chi connectivity index (χ1) is 9.61. The van der Waals surface area contributed by atoms with Crippen molar-refractivity contribution >= 4 is 11.5 Å². The predicted octanol–water partition coefficient (Wildman–Crippen LogP) is 2.92. The van der Waals surface area contributed by atoms with E-state index in [-0.39, 0.29) is 12.3 Å². The summed E-state index contributed by atoms with van der Waals surface area (Å²) in [5, 5.41) is 13.8. The molecule has 0 spiro atoms. The zero-order valence-corrected chi connectivity index (χ0v) is 11.3. The molecule has 0 atom stereocenters. The summed E-state index contributed by atoms with van der Waals surface area (Å²) in [4.78, 5) is 14.8. The molecule has 1 aromatic heterocycles. The molecule has 0 bridgehead atoms. The van der Waals surface area contributed by atoms with Crippen molar-refractivity contribution in [1.82, 2.24) is 4.98 Å². The molecule has 20 heavy (non-hydrogen) atoms. The van der Waals surface area contributed by atoms with Crippen molar-refractivity contribution in [2.75, 3.05) is 12.4 Å². The van der Waals surface area contributed by atoms with Crippen LogP contribution in [0.1, 0.15) is 11.3 Å². The van der Waals surface area contributed by atoms with Crippen molar-refractivity contribution in [2.45, 2.75) is 13.5 Å². The van der Waals surface area contributed by atoms with Crippen LogP contribution in [0.3, 0.4) is 0 Å². The molecule has 2 aromatic rings. The zero-order valence-electron chi connectivity index (χ0n) is 11.3. The van der Waals surface area contributed by atoms with Crippen molar-refractivity contribution in [3.63, 3.8) is 0 Å². The average molecular weight is 273 g/mol. The number of anilines is 1. The number of rotatable bonds is 5. The molecular formula is C14H15N3O3. The fourth-order valence-corrected chi connectivity index (χ4v) is 1.81. The number of pyridine rings is 1. The van der Waals surface area contributed by atoms with E-state index in [0.29, 0.717) is 11.3 Å². The Morgan fingerprint density at radius 3 is 2.75 bits per heavy atom. The van der Waals surface area contributed by atoms with Gasteiger partial charge < -0.3 is 10.1 Å². The minimum absolute atomic E-state index is 0.0550. The molecule has 1 aromatic carbocycles. The third-order valence-electron chi connectivity index (χ3n) is 2.89. The molecule has 0 aliphatic heterocycles. The molecule has 0 saturated carbocycles. The van der Waals surface area contributed by atoms with Gasteiger partial charge in [0.05, 0.1) is 16.2 Å². The molecule has 0 radical (unpaired) electrons. The molecule has 6 nitrogen and oxygen atoms in total. The SMILES string of the molecule is CNc1cccc(COc2cccc([N+](=O)[O-])c2C)n1. The van der Waals surface area contributed by atoms with Gasteiger partial charge in [-0.15, -0.1) is 0 Å². The quantitative estimate of drug-likeness (QED) is 0.669. The number of nitrogens with one attached hydrogen (secondary N) is 1. The van der Waals surface area contributed by atoms with Crippen molar-refractivity contribution in [1.29, 1.82) is 0 Å². The number of ether oxygens (including phenoxy) is 1. The second-order valence-corrected chi connectivity index (χ2v) is 4.21. The Kier molecular flexibility index (Phi) is 4.14. The monoisotopic (exact) mass is 273 g/mol. The van der Waals surface area contributed by atoms with Gasteiger partial charge >= 0.3 is 0 Å². The standard InChI is InChI=1S/C14H15N3O3/c1-10-12(17(18)19)6-4-7-13(10)20-9-11-5-3-8-14(15-2)16-11/h3-8H,9H2,1-2H3,(H,15,16). The van der Waals surface area contributed by atoms with Gasteiger partial charge in [0.1, 0.15) is 18.2 Å². The number of nitro groups is 1. The van der Waals surface area contributed by atoms with Crippen LogP contribution in [0, 0.1) is 17.0 Å². The van der Waals surface area contributed by atoms with Gasteiger partial charge in [0.25, 0.3) is 5.69 Å². The molecule has 1 N–H and O–H groups in total. The highest BCUT2D eigenvalue weighted by Crippen LogP contribution is 2.27. The molecule has 0 aliphatic rings. The number of nitrogens with zero attached hydrogens (tertiary/aromatic N) is 2. The lowest BCUT2D eigenvalue weighted by atomic mass is 10.2. The topological polar surface area (TPSA) is 77.3 Å². The smallest absolute Gasteiger partial charge is 0.276 e. The molecule has 6 heteroatoms. The summed E-state index contributed by atoms with van der Waals surface area (Å²) < 4.78 is 5.62. The molecule has 104 valence electrons. The Hall–Kier alpha value is -2.63. The third kappa shape index (κ3) is 3.03. The van der Waals surface area contributed by atoms with E-state index >= 15 is 0 Å². The number of hydrogen-bond acceptors (Lipinski definition) is 5. The summed E-state index contributed by atoms with van der Waals surface area (Å²) in [5.41, 5.74) is 1.32. The van der Waals surface area contributed by atoms with E-state index in [2.05, 4.69) is 10.3 Å². The number of nitro benzene ring substituents is 1. The minimum atomic E-state index is -0.415. The average Bonchev–Trinajstić information content (AvgIpc) is 2.46. The first-order valence-corrected chi connectivity index (χ1v) is 6.12. The van der Waals surface area contributed by atoms with E-state index in [1.165, 1.54) is 6.07 Å². The van der Waals surface area contributed by atoms with Crippen molar-refractivity contribution in [3.05, 3.63) is 57.8 Å². The van der Waals surface area contributed by atoms with Crippen LogP contribution in [0.4, 0.5) is 11.5 Å². The maximum absolute atomic E-state index is 10.9. The van der Waals surface area contributed by atoms with Gasteiger partial charge in [-0.1, -0.05) is 12.1 Å². The fourth-order valence-electron chi connectivity index (χ4n) is 1.81. The second-order valence-electron chi connectivity index (χ2n) is 4.21. The molecular weight excluding hydrogens is 258 g/mol. The van der Waals surface area contributed by atoms with E-state index < -0.39 is 4.92 Å². The summed E-state index contributed by atoms with van der Waals surface area (Å²) in [5.74, 6) is 1.25. The lowest BCUT2D eigenvalue weighted by molar-refractivity contribution is -0.385. The first-order valence-electron chi connectivity index (χ1n) is 6.12. The number of benzene rings is 1. The van der Waals surface area contributed by atoms with E-state index in [4.69, 9.17) is 4.74 Å². The largest absolute Gasteiger partial charge is 0.487 e. The molecule has 0 saturated heterocycles. The maximum atomic E-state index is 10.9. The molecule has 0 aliphatic carbocycles. The summed E-state index contributed by atoms with van der Waals surface area (Å²) >= 11 is 0. The zero-order chi connectivity index (χ0) is 14.5. The number of aromatic nitrogens is 1. The van der Waals surface area contributed by atoms with Gasteiger partial charge in [0.2, 0.25) is 0 Å². The van der Waals surface area contributed by atoms with Crippen molar-refractivity contribution in [3.8, 4) is 5.75 Å². The highest BCUT2D eigenvalue weighted by atomic mass is 16.6.